The third-order valence-electron chi connectivity index (χ3n) is 1.48. The monoisotopic (exact) mass is 152 g/mol. The van der Waals surface area contributed by atoms with Crippen molar-refractivity contribution >= 4 is 0 Å². The Bertz CT molecular complexity index is 120. The summed E-state index contributed by atoms with van der Waals surface area (Å²) in [4.78, 5) is 0. The van der Waals surface area contributed by atoms with E-state index in [1.54, 1.807) is 0 Å². The number of hydrogen-bond acceptors (Lipinski definition) is 4. The van der Waals surface area contributed by atoms with Gasteiger partial charge < -0.3 is 20.1 Å². The Labute approximate surface area is 56.9 Å². The summed E-state index contributed by atoms with van der Waals surface area (Å²) in [6.07, 6.45) is -5.73. The number of hydrogen-bond donors (Lipinski definition) is 3. The summed E-state index contributed by atoms with van der Waals surface area (Å²) in [7, 11) is 0. The third kappa shape index (κ3) is 1.13. The van der Waals surface area contributed by atoms with E-state index in [0.29, 0.717) is 0 Å². The predicted octanol–water partition coefficient (Wildman–Crippen LogP) is -1.61. The highest BCUT2D eigenvalue weighted by molar-refractivity contribution is 4.85. The zero-order chi connectivity index (χ0) is 7.72. The summed E-state index contributed by atoms with van der Waals surface area (Å²) < 4.78 is 16.6. The number of rotatable bonds is 1. The maximum absolute atomic E-state index is 12.3. The zero-order valence-corrected chi connectivity index (χ0v) is 5.14. The molecule has 60 valence electrons. The molecule has 0 amide bonds. The van der Waals surface area contributed by atoms with Gasteiger partial charge in [0.2, 0.25) is 6.36 Å². The Morgan fingerprint density at radius 3 is 2.10 bits per heavy atom. The summed E-state index contributed by atoms with van der Waals surface area (Å²) in [5.41, 5.74) is 0. The van der Waals surface area contributed by atoms with Gasteiger partial charge in [-0.25, -0.2) is 4.39 Å². The first-order valence-electron chi connectivity index (χ1n) is 2.93. The first kappa shape index (κ1) is 7.87. The number of halogens is 1. The fraction of sp³-hybridized carbons (Fsp3) is 1.00. The molecule has 1 saturated heterocycles. The molecule has 1 aliphatic heterocycles. The molecule has 0 aromatic heterocycles. The largest absolute Gasteiger partial charge is 0.394 e. The van der Waals surface area contributed by atoms with Crippen LogP contribution in [-0.2, 0) is 4.74 Å². The van der Waals surface area contributed by atoms with E-state index in [1.807, 2.05) is 0 Å². The van der Waals surface area contributed by atoms with E-state index in [4.69, 9.17) is 15.3 Å². The standard InChI is InChI=1S/C5H9FO4/c6-5-4(9)3(8)2(1-7)10-5/h2-5,7-9H,1H2/t2-,3+,4+,5?/m1/s1. The van der Waals surface area contributed by atoms with Crippen LogP contribution >= 0.6 is 0 Å². The molecule has 0 spiro atoms. The average molecular weight is 152 g/mol. The van der Waals surface area contributed by atoms with Crippen molar-refractivity contribution in [3.8, 4) is 0 Å². The molecule has 0 bridgehead atoms. The second-order valence-electron chi connectivity index (χ2n) is 2.19. The fourth-order valence-corrected chi connectivity index (χ4v) is 0.854. The van der Waals surface area contributed by atoms with Crippen LogP contribution in [0.2, 0.25) is 0 Å². The molecule has 0 aromatic carbocycles. The smallest absolute Gasteiger partial charge is 0.228 e. The Hall–Kier alpha value is -0.230. The van der Waals surface area contributed by atoms with Crippen LogP contribution in [0.4, 0.5) is 4.39 Å². The highest BCUT2D eigenvalue weighted by Crippen LogP contribution is 2.21. The van der Waals surface area contributed by atoms with Crippen LogP contribution in [0.5, 0.6) is 0 Å². The normalized spacial score (nSPS) is 48.0. The molecule has 0 aromatic rings. The minimum atomic E-state index is -1.88. The summed E-state index contributed by atoms with van der Waals surface area (Å²) in [6, 6.07) is 0. The number of aliphatic hydroxyl groups excluding tert-OH is 3. The Morgan fingerprint density at radius 2 is 1.90 bits per heavy atom. The van der Waals surface area contributed by atoms with Gasteiger partial charge in [0, 0.05) is 0 Å². The van der Waals surface area contributed by atoms with Gasteiger partial charge in [0.05, 0.1) is 6.61 Å². The van der Waals surface area contributed by atoms with Crippen molar-refractivity contribution < 1.29 is 24.4 Å². The van der Waals surface area contributed by atoms with Crippen molar-refractivity contribution in [2.45, 2.75) is 24.7 Å². The van der Waals surface area contributed by atoms with E-state index >= 15 is 0 Å². The predicted molar refractivity (Wildman–Crippen MR) is 28.9 cm³/mol. The van der Waals surface area contributed by atoms with E-state index in [1.165, 1.54) is 0 Å². The van der Waals surface area contributed by atoms with Gasteiger partial charge >= 0.3 is 0 Å². The molecule has 5 heteroatoms. The van der Waals surface area contributed by atoms with Crippen molar-refractivity contribution in [3.05, 3.63) is 0 Å². The van der Waals surface area contributed by atoms with E-state index < -0.39 is 31.3 Å². The van der Waals surface area contributed by atoms with E-state index in [0.717, 1.165) is 0 Å². The van der Waals surface area contributed by atoms with Crippen LogP contribution < -0.4 is 0 Å². The highest BCUT2D eigenvalue weighted by Gasteiger charge is 2.42. The van der Waals surface area contributed by atoms with Gasteiger partial charge in [0.25, 0.3) is 0 Å². The van der Waals surface area contributed by atoms with Crippen LogP contribution in [0, 0.1) is 0 Å². The fourth-order valence-electron chi connectivity index (χ4n) is 0.854. The lowest BCUT2D eigenvalue weighted by atomic mass is 10.1. The lowest BCUT2D eigenvalue weighted by molar-refractivity contribution is -0.0822. The Morgan fingerprint density at radius 1 is 1.30 bits per heavy atom. The first-order chi connectivity index (χ1) is 4.66. The maximum Gasteiger partial charge on any atom is 0.228 e. The molecule has 10 heavy (non-hydrogen) atoms. The van der Waals surface area contributed by atoms with Gasteiger partial charge in [-0.3, -0.25) is 0 Å². The Balaban J connectivity index is 2.53. The minimum absolute atomic E-state index is 0.487. The van der Waals surface area contributed by atoms with E-state index in [-0.39, 0.29) is 0 Å². The van der Waals surface area contributed by atoms with Gasteiger partial charge in [-0.1, -0.05) is 0 Å². The van der Waals surface area contributed by atoms with Gasteiger partial charge in [0.15, 0.2) is 0 Å². The SMILES string of the molecule is OC[C@H]1OC(F)[C@@H](O)[C@H]1O. The van der Waals surface area contributed by atoms with Gasteiger partial charge in [-0.2, -0.15) is 0 Å². The highest BCUT2D eigenvalue weighted by atomic mass is 19.1. The third-order valence-corrected chi connectivity index (χ3v) is 1.48. The van der Waals surface area contributed by atoms with Crippen LogP contribution in [0.15, 0.2) is 0 Å². The van der Waals surface area contributed by atoms with Crippen LogP contribution in [0.1, 0.15) is 0 Å². The number of ether oxygens (including phenoxy) is 1. The van der Waals surface area contributed by atoms with Crippen LogP contribution in [0.3, 0.4) is 0 Å². The van der Waals surface area contributed by atoms with Crippen LogP contribution in [-0.4, -0.2) is 46.6 Å². The van der Waals surface area contributed by atoms with Crippen LogP contribution in [0.25, 0.3) is 0 Å². The average Bonchev–Trinajstić information content (AvgIpc) is 2.17. The van der Waals surface area contributed by atoms with Crippen molar-refractivity contribution in [3.63, 3.8) is 0 Å². The van der Waals surface area contributed by atoms with Gasteiger partial charge in [0.1, 0.15) is 18.3 Å². The molecule has 4 atom stereocenters. The molecule has 1 aliphatic rings. The van der Waals surface area contributed by atoms with Gasteiger partial charge in [-0.15, -0.1) is 0 Å². The topological polar surface area (TPSA) is 69.9 Å². The first-order valence-corrected chi connectivity index (χ1v) is 2.93. The lowest BCUT2D eigenvalue weighted by Gasteiger charge is -2.09. The summed E-state index contributed by atoms with van der Waals surface area (Å²) in [5.74, 6) is 0. The molecule has 1 rings (SSSR count). The van der Waals surface area contributed by atoms with E-state index in [2.05, 4.69) is 4.74 Å². The minimum Gasteiger partial charge on any atom is -0.394 e. The molecule has 0 aliphatic carbocycles. The van der Waals surface area contributed by atoms with Crippen molar-refractivity contribution in [1.82, 2.24) is 0 Å². The summed E-state index contributed by atoms with van der Waals surface area (Å²) in [5, 5.41) is 26.0. The second kappa shape index (κ2) is 2.79. The molecule has 1 fully saturated rings. The molecule has 1 heterocycles. The van der Waals surface area contributed by atoms with Crippen molar-refractivity contribution in [2.24, 2.45) is 0 Å². The molecule has 0 radical (unpaired) electrons. The van der Waals surface area contributed by atoms with Crippen molar-refractivity contribution in [2.75, 3.05) is 6.61 Å². The summed E-state index contributed by atoms with van der Waals surface area (Å²) in [6.45, 7) is -0.487. The molecular weight excluding hydrogens is 143 g/mol. The quantitative estimate of drug-likeness (QED) is 0.423. The molecule has 1 unspecified atom stereocenters. The second-order valence-corrected chi connectivity index (χ2v) is 2.19. The van der Waals surface area contributed by atoms with Gasteiger partial charge in [-0.05, 0) is 0 Å². The number of alkyl halides is 1. The van der Waals surface area contributed by atoms with E-state index in [9.17, 15) is 4.39 Å². The lowest BCUT2D eigenvalue weighted by Crippen LogP contribution is -2.32. The molecular formula is C5H9FO4. The Kier molecular flexibility index (Phi) is 2.20. The molecule has 4 nitrogen and oxygen atoms in total. The summed E-state index contributed by atoms with van der Waals surface area (Å²) >= 11 is 0. The number of aliphatic hydroxyl groups is 3. The maximum atomic E-state index is 12.3. The molecule has 0 saturated carbocycles. The van der Waals surface area contributed by atoms with Crippen molar-refractivity contribution in [1.29, 1.82) is 0 Å². The zero-order valence-electron chi connectivity index (χ0n) is 5.14. The molecule has 3 N–H and O–H groups in total.